The zero-order chi connectivity index (χ0) is 19.8. The van der Waals surface area contributed by atoms with E-state index in [4.69, 9.17) is 34.1 Å². The number of aliphatic hydroxyl groups excluding tert-OH is 2. The van der Waals surface area contributed by atoms with Gasteiger partial charge in [-0.05, 0) is 0 Å². The summed E-state index contributed by atoms with van der Waals surface area (Å²) in [5, 5.41) is 20.0. The fourth-order valence-electron chi connectivity index (χ4n) is 2.27. The SMILES string of the molecule is CO[C@@H]1[C@H](O)[C@H](OP(=O)(O)O)[C@@H](O)[C@H](OP(=O)(O)O)[C@H]1OP(=O)(O)O. The van der Waals surface area contributed by atoms with Gasteiger partial charge in [0.2, 0.25) is 0 Å². The van der Waals surface area contributed by atoms with Crippen LogP contribution < -0.4 is 0 Å². The van der Waals surface area contributed by atoms with Crippen molar-refractivity contribution in [3.8, 4) is 0 Å². The Hall–Kier alpha value is 0.210. The van der Waals surface area contributed by atoms with E-state index in [1.165, 1.54) is 0 Å². The molecule has 0 bridgehead atoms. The molecule has 1 rings (SSSR count). The van der Waals surface area contributed by atoms with Crippen molar-refractivity contribution in [3.63, 3.8) is 0 Å². The van der Waals surface area contributed by atoms with Crippen LogP contribution in [0.3, 0.4) is 0 Å². The largest absolute Gasteiger partial charge is 0.470 e. The number of hydrogen-bond donors (Lipinski definition) is 8. The number of rotatable bonds is 7. The van der Waals surface area contributed by atoms with Crippen molar-refractivity contribution >= 4 is 23.5 Å². The average molecular weight is 434 g/mol. The van der Waals surface area contributed by atoms with Crippen molar-refractivity contribution in [2.24, 2.45) is 0 Å². The van der Waals surface area contributed by atoms with E-state index in [2.05, 4.69) is 13.6 Å². The zero-order valence-electron chi connectivity index (χ0n) is 12.2. The molecule has 25 heavy (non-hydrogen) atoms. The molecule has 0 aromatic carbocycles. The molecule has 0 aromatic heterocycles. The highest BCUT2D eigenvalue weighted by molar-refractivity contribution is 7.46. The van der Waals surface area contributed by atoms with Gasteiger partial charge < -0.3 is 44.3 Å². The molecule has 18 heteroatoms. The summed E-state index contributed by atoms with van der Waals surface area (Å²) in [6.45, 7) is 0. The van der Waals surface area contributed by atoms with E-state index in [-0.39, 0.29) is 0 Å². The Bertz CT molecular complexity index is 590. The molecule has 6 atom stereocenters. The van der Waals surface area contributed by atoms with Crippen LogP contribution in [0.25, 0.3) is 0 Å². The van der Waals surface area contributed by atoms with Crippen molar-refractivity contribution in [2.75, 3.05) is 7.11 Å². The van der Waals surface area contributed by atoms with Gasteiger partial charge in [-0.2, -0.15) is 0 Å². The maximum atomic E-state index is 11.0. The van der Waals surface area contributed by atoms with Crippen LogP contribution in [-0.2, 0) is 32.0 Å². The summed E-state index contributed by atoms with van der Waals surface area (Å²) in [6, 6.07) is 0. The summed E-state index contributed by atoms with van der Waals surface area (Å²) >= 11 is 0. The molecule has 1 aliphatic rings. The van der Waals surface area contributed by atoms with E-state index in [0.29, 0.717) is 0 Å². The number of hydrogen-bond acceptors (Lipinski definition) is 9. The van der Waals surface area contributed by atoms with Gasteiger partial charge in [0.15, 0.2) is 0 Å². The minimum absolute atomic E-state index is 0.880. The third-order valence-corrected chi connectivity index (χ3v) is 4.60. The first-order valence-corrected chi connectivity index (χ1v) is 10.8. The number of aliphatic hydroxyl groups is 2. The predicted octanol–water partition coefficient (Wildman–Crippen LogP) is -2.83. The molecule has 0 radical (unpaired) electrons. The number of ether oxygens (including phenoxy) is 1. The molecular weight excluding hydrogens is 417 g/mol. The lowest BCUT2D eigenvalue weighted by molar-refractivity contribution is -0.219. The summed E-state index contributed by atoms with van der Waals surface area (Å²) in [6.07, 6.45) is -13.0. The lowest BCUT2D eigenvalue weighted by Crippen LogP contribution is -2.65. The summed E-state index contributed by atoms with van der Waals surface area (Å²) in [4.78, 5) is 53.2. The van der Waals surface area contributed by atoms with E-state index < -0.39 is 60.1 Å². The lowest BCUT2D eigenvalue weighted by atomic mass is 9.85. The van der Waals surface area contributed by atoms with Crippen molar-refractivity contribution in [1.82, 2.24) is 0 Å². The van der Waals surface area contributed by atoms with Crippen LogP contribution in [-0.4, -0.2) is 83.3 Å². The lowest BCUT2D eigenvalue weighted by Gasteiger charge is -2.45. The van der Waals surface area contributed by atoms with Gasteiger partial charge in [-0.1, -0.05) is 0 Å². The molecule has 0 heterocycles. The van der Waals surface area contributed by atoms with Crippen molar-refractivity contribution in [3.05, 3.63) is 0 Å². The number of methoxy groups -OCH3 is 1. The Balaban J connectivity index is 3.32. The van der Waals surface area contributed by atoms with Gasteiger partial charge in [0.05, 0.1) is 0 Å². The standard InChI is InChI=1S/C7H17O15P3/c1-19-5-2(8)4(20-23(10,11)12)3(9)6(21-24(13,14)15)7(5)22-25(16,17)18/h2-9H,1H3,(H2,10,11,12)(H2,13,14,15)(H2,16,17,18)/t2-,3-,4+,5-,6+,7+/m1/s1. The van der Waals surface area contributed by atoms with Gasteiger partial charge in [-0.25, -0.2) is 13.7 Å². The molecule has 0 saturated heterocycles. The fourth-order valence-corrected chi connectivity index (χ4v) is 3.95. The van der Waals surface area contributed by atoms with E-state index >= 15 is 0 Å². The van der Waals surface area contributed by atoms with Gasteiger partial charge in [-0.3, -0.25) is 13.6 Å². The summed E-state index contributed by atoms with van der Waals surface area (Å²) in [5.41, 5.74) is 0. The Labute approximate surface area is 139 Å². The van der Waals surface area contributed by atoms with Crippen LogP contribution in [0.15, 0.2) is 0 Å². The third kappa shape index (κ3) is 7.03. The fraction of sp³-hybridized carbons (Fsp3) is 1.00. The summed E-state index contributed by atoms with van der Waals surface area (Å²) in [7, 11) is -15.1. The van der Waals surface area contributed by atoms with Crippen LogP contribution in [0, 0.1) is 0 Å². The molecule has 1 saturated carbocycles. The second-order valence-corrected chi connectivity index (χ2v) is 8.44. The van der Waals surface area contributed by atoms with Crippen LogP contribution in [0.5, 0.6) is 0 Å². The van der Waals surface area contributed by atoms with E-state index in [1.807, 2.05) is 0 Å². The average Bonchev–Trinajstić information content (AvgIpc) is 2.36. The number of phosphoric ester groups is 3. The van der Waals surface area contributed by atoms with Crippen LogP contribution in [0.4, 0.5) is 0 Å². The van der Waals surface area contributed by atoms with E-state index in [1.54, 1.807) is 0 Å². The molecule has 15 nitrogen and oxygen atoms in total. The van der Waals surface area contributed by atoms with Gasteiger partial charge in [0, 0.05) is 7.11 Å². The molecular formula is C7H17O15P3. The first-order chi connectivity index (χ1) is 11.1. The Morgan fingerprint density at radius 3 is 1.28 bits per heavy atom. The highest BCUT2D eigenvalue weighted by Crippen LogP contribution is 2.49. The molecule has 0 aromatic rings. The van der Waals surface area contributed by atoms with Crippen LogP contribution >= 0.6 is 23.5 Å². The van der Waals surface area contributed by atoms with Crippen molar-refractivity contribution in [2.45, 2.75) is 36.6 Å². The zero-order valence-corrected chi connectivity index (χ0v) is 14.9. The minimum atomic E-state index is -5.39. The molecule has 0 amide bonds. The molecule has 1 aliphatic carbocycles. The molecule has 0 unspecified atom stereocenters. The number of phosphoric acid groups is 3. The highest BCUT2D eigenvalue weighted by atomic mass is 31.2. The van der Waals surface area contributed by atoms with Crippen molar-refractivity contribution < 1.29 is 71.6 Å². The quantitative estimate of drug-likeness (QED) is 0.188. The van der Waals surface area contributed by atoms with Gasteiger partial charge in [0.25, 0.3) is 0 Å². The minimum Gasteiger partial charge on any atom is -0.387 e. The van der Waals surface area contributed by atoms with Crippen LogP contribution in [0.1, 0.15) is 0 Å². The maximum Gasteiger partial charge on any atom is 0.470 e. The monoisotopic (exact) mass is 434 g/mol. The molecule has 8 N–H and O–H groups in total. The van der Waals surface area contributed by atoms with E-state index in [0.717, 1.165) is 7.11 Å². The predicted molar refractivity (Wildman–Crippen MR) is 73.6 cm³/mol. The van der Waals surface area contributed by atoms with Crippen LogP contribution in [0.2, 0.25) is 0 Å². The molecule has 0 aliphatic heterocycles. The van der Waals surface area contributed by atoms with Gasteiger partial charge >= 0.3 is 23.5 Å². The third-order valence-electron chi connectivity index (χ3n) is 3.04. The molecule has 150 valence electrons. The first-order valence-electron chi connectivity index (χ1n) is 6.16. The second-order valence-electron chi connectivity index (χ2n) is 4.86. The summed E-state index contributed by atoms with van der Waals surface area (Å²) < 4.78 is 50.4. The Morgan fingerprint density at radius 2 is 0.920 bits per heavy atom. The van der Waals surface area contributed by atoms with Gasteiger partial charge in [-0.15, -0.1) is 0 Å². The highest BCUT2D eigenvalue weighted by Gasteiger charge is 2.57. The maximum absolute atomic E-state index is 11.0. The molecule has 0 spiro atoms. The normalized spacial score (nSPS) is 34.9. The first kappa shape index (κ1) is 23.2. The topological polar surface area (TPSA) is 250 Å². The Kier molecular flexibility index (Phi) is 7.50. The smallest absolute Gasteiger partial charge is 0.387 e. The van der Waals surface area contributed by atoms with Crippen molar-refractivity contribution in [1.29, 1.82) is 0 Å². The Morgan fingerprint density at radius 1 is 0.600 bits per heavy atom. The van der Waals surface area contributed by atoms with Gasteiger partial charge in [0.1, 0.15) is 36.6 Å². The summed E-state index contributed by atoms with van der Waals surface area (Å²) in [5.74, 6) is 0. The second kappa shape index (κ2) is 8.07. The molecule has 1 fully saturated rings. The van der Waals surface area contributed by atoms with E-state index in [9.17, 15) is 23.9 Å².